The number of carbonyl (C=O) groups excluding carboxylic acids is 1. The molecule has 1 N–H and O–H groups in total. The number of aliphatic hydroxyl groups excluding tert-OH is 1. The van der Waals surface area contributed by atoms with E-state index in [1.807, 2.05) is 30.3 Å². The Kier molecular flexibility index (Phi) is 6.43. The molecule has 0 amide bonds. The number of methoxy groups -OCH3 is 1. The van der Waals surface area contributed by atoms with Crippen LogP contribution in [0.3, 0.4) is 0 Å². The average Bonchev–Trinajstić information content (AvgIpc) is 3.34. The van der Waals surface area contributed by atoms with Gasteiger partial charge in [-0.25, -0.2) is 0 Å². The molecule has 1 heterocycles. The van der Waals surface area contributed by atoms with Crippen LogP contribution in [0.25, 0.3) is 10.8 Å². The Hall–Kier alpha value is -2.73. The van der Waals surface area contributed by atoms with Crippen molar-refractivity contribution in [1.29, 1.82) is 0 Å². The van der Waals surface area contributed by atoms with Crippen molar-refractivity contribution in [1.82, 2.24) is 0 Å². The van der Waals surface area contributed by atoms with Crippen molar-refractivity contribution in [3.05, 3.63) is 82.9 Å². The van der Waals surface area contributed by atoms with Crippen LogP contribution < -0.4 is 0 Å². The highest BCUT2D eigenvalue weighted by Crippen LogP contribution is 2.38. The first-order valence-corrected chi connectivity index (χ1v) is 10.2. The fraction of sp³-hybridized carbons (Fsp3) is 0.320. The maximum atomic E-state index is 11.9. The lowest BCUT2D eigenvalue weighted by molar-refractivity contribution is -0.140. The molecule has 5 nitrogen and oxygen atoms in total. The zero-order valence-corrected chi connectivity index (χ0v) is 17.0. The number of benzene rings is 3. The minimum Gasteiger partial charge on any atom is -0.469 e. The quantitative estimate of drug-likeness (QED) is 0.587. The van der Waals surface area contributed by atoms with Gasteiger partial charge in [-0.05, 0) is 39.9 Å². The fourth-order valence-corrected chi connectivity index (χ4v) is 4.07. The highest BCUT2D eigenvalue weighted by atomic mass is 16.7. The van der Waals surface area contributed by atoms with Crippen molar-refractivity contribution in [2.24, 2.45) is 0 Å². The Morgan fingerprint density at radius 3 is 2.57 bits per heavy atom. The standard InChI is InChI=1S/C25H26O5/c1-28-24(27)11-10-21(20-8-7-18-4-2-3-5-19(18)15-20)22-9-6-17(16-26)14-23(22)25-29-12-13-30-25/h2-9,14-15,21,25-26H,10-13,16H2,1H3/t21-/m0/s1. The Balaban J connectivity index is 1.79. The SMILES string of the molecule is COC(=O)CC[C@@H](c1ccc2ccccc2c1)c1ccc(CO)cc1C1OCCO1. The number of fused-ring (bicyclic) bond motifs is 1. The monoisotopic (exact) mass is 406 g/mol. The second-order valence-electron chi connectivity index (χ2n) is 7.47. The number of esters is 1. The van der Waals surface area contributed by atoms with Crippen molar-refractivity contribution >= 4 is 16.7 Å². The van der Waals surface area contributed by atoms with E-state index in [1.165, 1.54) is 12.5 Å². The van der Waals surface area contributed by atoms with E-state index < -0.39 is 6.29 Å². The second-order valence-corrected chi connectivity index (χ2v) is 7.47. The first-order valence-electron chi connectivity index (χ1n) is 10.2. The summed E-state index contributed by atoms with van der Waals surface area (Å²) in [6.07, 6.45) is 0.442. The van der Waals surface area contributed by atoms with Gasteiger partial charge in [0.25, 0.3) is 0 Å². The molecule has 1 saturated heterocycles. The van der Waals surface area contributed by atoms with Gasteiger partial charge in [-0.1, -0.05) is 54.6 Å². The third-order valence-corrected chi connectivity index (χ3v) is 5.63. The number of carbonyl (C=O) groups is 1. The molecule has 1 fully saturated rings. The molecule has 4 rings (SSSR count). The molecule has 3 aromatic carbocycles. The van der Waals surface area contributed by atoms with Gasteiger partial charge in [0.1, 0.15) is 0 Å². The molecule has 0 unspecified atom stereocenters. The smallest absolute Gasteiger partial charge is 0.305 e. The highest BCUT2D eigenvalue weighted by Gasteiger charge is 2.27. The molecular weight excluding hydrogens is 380 g/mol. The van der Waals surface area contributed by atoms with Gasteiger partial charge in [0.05, 0.1) is 26.9 Å². The lowest BCUT2D eigenvalue weighted by Gasteiger charge is -2.24. The van der Waals surface area contributed by atoms with Crippen LogP contribution in [0.15, 0.2) is 60.7 Å². The van der Waals surface area contributed by atoms with Crippen LogP contribution in [0.1, 0.15) is 47.3 Å². The predicted molar refractivity (Wildman–Crippen MR) is 114 cm³/mol. The summed E-state index contributed by atoms with van der Waals surface area (Å²) in [5.74, 6) is -0.271. The van der Waals surface area contributed by atoms with Crippen molar-refractivity contribution in [3.8, 4) is 0 Å². The lowest BCUT2D eigenvalue weighted by Crippen LogP contribution is -2.12. The van der Waals surface area contributed by atoms with Gasteiger partial charge < -0.3 is 19.3 Å². The Labute approximate surface area is 176 Å². The van der Waals surface area contributed by atoms with Gasteiger partial charge in [-0.3, -0.25) is 4.79 Å². The molecule has 0 aliphatic carbocycles. The molecule has 0 saturated carbocycles. The number of ether oxygens (including phenoxy) is 3. The summed E-state index contributed by atoms with van der Waals surface area (Å²) >= 11 is 0. The first kappa shape index (κ1) is 20.5. The lowest BCUT2D eigenvalue weighted by atomic mass is 9.83. The van der Waals surface area contributed by atoms with Crippen molar-refractivity contribution in [3.63, 3.8) is 0 Å². The topological polar surface area (TPSA) is 65.0 Å². The highest BCUT2D eigenvalue weighted by molar-refractivity contribution is 5.83. The molecule has 1 atom stereocenters. The van der Waals surface area contributed by atoms with E-state index >= 15 is 0 Å². The largest absolute Gasteiger partial charge is 0.469 e. The normalized spacial score (nSPS) is 15.4. The summed E-state index contributed by atoms with van der Waals surface area (Å²) in [7, 11) is 1.41. The summed E-state index contributed by atoms with van der Waals surface area (Å²) in [6, 6.07) is 20.5. The Morgan fingerprint density at radius 1 is 1.07 bits per heavy atom. The molecule has 1 aliphatic rings. The van der Waals surface area contributed by atoms with Gasteiger partial charge in [0.15, 0.2) is 6.29 Å². The van der Waals surface area contributed by atoms with Gasteiger partial charge in [0, 0.05) is 17.9 Å². The van der Waals surface area contributed by atoms with E-state index in [9.17, 15) is 9.90 Å². The van der Waals surface area contributed by atoms with E-state index in [0.717, 1.165) is 27.6 Å². The summed E-state index contributed by atoms with van der Waals surface area (Å²) < 4.78 is 16.5. The number of hydrogen-bond acceptors (Lipinski definition) is 5. The van der Waals surface area contributed by atoms with Crippen LogP contribution in [-0.2, 0) is 25.6 Å². The van der Waals surface area contributed by atoms with Gasteiger partial charge in [0.2, 0.25) is 0 Å². The van der Waals surface area contributed by atoms with E-state index in [4.69, 9.17) is 14.2 Å². The molecule has 156 valence electrons. The maximum absolute atomic E-state index is 11.9. The fourth-order valence-electron chi connectivity index (χ4n) is 4.07. The second kappa shape index (κ2) is 9.39. The van der Waals surface area contributed by atoms with Gasteiger partial charge in [-0.2, -0.15) is 0 Å². The molecule has 0 radical (unpaired) electrons. The van der Waals surface area contributed by atoms with Crippen LogP contribution in [0.5, 0.6) is 0 Å². The molecule has 3 aromatic rings. The van der Waals surface area contributed by atoms with Crippen LogP contribution in [0, 0.1) is 0 Å². The molecule has 30 heavy (non-hydrogen) atoms. The third kappa shape index (κ3) is 4.38. The van der Waals surface area contributed by atoms with Gasteiger partial charge >= 0.3 is 5.97 Å². The zero-order chi connectivity index (χ0) is 20.9. The van der Waals surface area contributed by atoms with Crippen molar-refractivity contribution in [2.75, 3.05) is 20.3 Å². The van der Waals surface area contributed by atoms with Crippen molar-refractivity contribution < 1.29 is 24.1 Å². The van der Waals surface area contributed by atoms with E-state index in [1.54, 1.807) is 0 Å². The minimum absolute atomic E-state index is 0.0377. The Bertz CT molecular complexity index is 1020. The summed E-state index contributed by atoms with van der Waals surface area (Å²) in [5, 5.41) is 12.0. The summed E-state index contributed by atoms with van der Waals surface area (Å²) in [5.41, 5.74) is 3.87. The number of hydrogen-bond donors (Lipinski definition) is 1. The average molecular weight is 406 g/mol. The Morgan fingerprint density at radius 2 is 1.83 bits per heavy atom. The third-order valence-electron chi connectivity index (χ3n) is 5.63. The van der Waals surface area contributed by atoms with Crippen LogP contribution in [0.4, 0.5) is 0 Å². The van der Waals surface area contributed by atoms with E-state index in [0.29, 0.717) is 26.1 Å². The van der Waals surface area contributed by atoms with Crippen LogP contribution in [0.2, 0.25) is 0 Å². The van der Waals surface area contributed by atoms with E-state index in [2.05, 4.69) is 30.3 Å². The van der Waals surface area contributed by atoms with Crippen LogP contribution in [-0.4, -0.2) is 31.4 Å². The van der Waals surface area contributed by atoms with Crippen LogP contribution >= 0.6 is 0 Å². The number of rotatable bonds is 7. The molecule has 5 heteroatoms. The minimum atomic E-state index is -0.465. The van der Waals surface area contributed by atoms with E-state index in [-0.39, 0.29) is 18.5 Å². The summed E-state index contributed by atoms with van der Waals surface area (Å²) in [6.45, 7) is 1.02. The zero-order valence-electron chi connectivity index (χ0n) is 17.0. The molecule has 1 aliphatic heterocycles. The van der Waals surface area contributed by atoms with Gasteiger partial charge in [-0.15, -0.1) is 0 Å². The summed E-state index contributed by atoms with van der Waals surface area (Å²) in [4.78, 5) is 11.9. The molecule has 0 spiro atoms. The molecule has 0 bridgehead atoms. The maximum Gasteiger partial charge on any atom is 0.305 e. The van der Waals surface area contributed by atoms with Crippen molar-refractivity contribution in [2.45, 2.75) is 31.7 Å². The predicted octanol–water partition coefficient (Wildman–Crippen LogP) is 4.46. The number of aliphatic hydroxyl groups is 1. The first-order chi connectivity index (χ1) is 14.7. The molecule has 0 aromatic heterocycles. The molecular formula is C25H26O5.